The zero-order valence-electron chi connectivity index (χ0n) is 8.35. The van der Waals surface area contributed by atoms with Gasteiger partial charge in [-0.1, -0.05) is 0 Å². The number of rotatable bonds is 3. The number of hydrogen-bond donors (Lipinski definition) is 2. The topological polar surface area (TPSA) is 75.0 Å². The highest BCUT2D eigenvalue weighted by Crippen LogP contribution is 2.14. The number of carbonyl (C=O) groups excluding carboxylic acids is 1. The standard InChI is InChI=1S/C9H14N4OS/c10-8(3-7-4-11-5-12-7)9(14)13-1-2-15-6-13/h4-5,8H,1-3,6,10H2,(H,11,12). The second-order valence-electron chi connectivity index (χ2n) is 3.53. The summed E-state index contributed by atoms with van der Waals surface area (Å²) in [6.45, 7) is 0.820. The average molecular weight is 226 g/mol. The number of nitrogens with zero attached hydrogens (tertiary/aromatic N) is 2. The maximum atomic E-state index is 11.8. The quantitative estimate of drug-likeness (QED) is 0.749. The Morgan fingerprint density at radius 1 is 1.80 bits per heavy atom. The highest BCUT2D eigenvalue weighted by molar-refractivity contribution is 7.99. The van der Waals surface area contributed by atoms with Gasteiger partial charge in [-0.25, -0.2) is 4.98 Å². The highest BCUT2D eigenvalue weighted by Gasteiger charge is 2.24. The molecule has 0 bridgehead atoms. The van der Waals surface area contributed by atoms with E-state index in [1.54, 1.807) is 24.3 Å². The summed E-state index contributed by atoms with van der Waals surface area (Å²) in [5.74, 6) is 1.83. The van der Waals surface area contributed by atoms with Crippen LogP contribution in [-0.4, -0.2) is 45.0 Å². The van der Waals surface area contributed by atoms with Crippen LogP contribution in [0.25, 0.3) is 0 Å². The number of thioether (sulfide) groups is 1. The second kappa shape index (κ2) is 4.67. The van der Waals surface area contributed by atoms with Crippen molar-refractivity contribution in [3.63, 3.8) is 0 Å². The minimum Gasteiger partial charge on any atom is -0.348 e. The van der Waals surface area contributed by atoms with Gasteiger partial charge in [0.05, 0.1) is 18.2 Å². The van der Waals surface area contributed by atoms with E-state index in [4.69, 9.17) is 5.73 Å². The molecule has 0 aliphatic carbocycles. The first-order valence-corrected chi connectivity index (χ1v) is 6.02. The van der Waals surface area contributed by atoms with Crippen molar-refractivity contribution in [2.75, 3.05) is 18.2 Å². The summed E-state index contributed by atoms with van der Waals surface area (Å²) in [6, 6.07) is -0.454. The molecule has 0 radical (unpaired) electrons. The summed E-state index contributed by atoms with van der Waals surface area (Å²) >= 11 is 1.77. The van der Waals surface area contributed by atoms with E-state index in [9.17, 15) is 4.79 Å². The van der Waals surface area contributed by atoms with Crippen LogP contribution in [0, 0.1) is 0 Å². The predicted molar refractivity (Wildman–Crippen MR) is 59.3 cm³/mol. The Bertz CT molecular complexity index is 321. The lowest BCUT2D eigenvalue weighted by Crippen LogP contribution is -2.43. The first kappa shape index (κ1) is 10.5. The van der Waals surface area contributed by atoms with Crippen LogP contribution in [0.1, 0.15) is 5.69 Å². The minimum absolute atomic E-state index is 0.0367. The summed E-state index contributed by atoms with van der Waals surface area (Å²) in [6.07, 6.45) is 3.82. The van der Waals surface area contributed by atoms with Gasteiger partial charge in [0.2, 0.25) is 5.91 Å². The number of carbonyl (C=O) groups is 1. The van der Waals surface area contributed by atoms with Crippen molar-refractivity contribution >= 4 is 17.7 Å². The van der Waals surface area contributed by atoms with Crippen LogP contribution in [0.5, 0.6) is 0 Å². The molecule has 3 N–H and O–H groups in total. The zero-order valence-corrected chi connectivity index (χ0v) is 9.17. The van der Waals surface area contributed by atoms with Crippen LogP contribution in [0.2, 0.25) is 0 Å². The third kappa shape index (κ3) is 2.51. The van der Waals surface area contributed by atoms with Gasteiger partial charge < -0.3 is 15.6 Å². The van der Waals surface area contributed by atoms with Crippen LogP contribution in [0.3, 0.4) is 0 Å². The molecule has 1 fully saturated rings. The molecule has 1 saturated heterocycles. The van der Waals surface area contributed by atoms with Gasteiger partial charge in [0, 0.05) is 30.6 Å². The van der Waals surface area contributed by atoms with Crippen LogP contribution in [0.4, 0.5) is 0 Å². The number of aromatic nitrogens is 2. The monoisotopic (exact) mass is 226 g/mol. The maximum Gasteiger partial charge on any atom is 0.240 e. The van der Waals surface area contributed by atoms with Crippen molar-refractivity contribution < 1.29 is 4.79 Å². The second-order valence-corrected chi connectivity index (χ2v) is 4.60. The fourth-order valence-electron chi connectivity index (χ4n) is 1.54. The van der Waals surface area contributed by atoms with E-state index in [1.165, 1.54) is 0 Å². The van der Waals surface area contributed by atoms with Gasteiger partial charge in [-0.3, -0.25) is 4.79 Å². The van der Waals surface area contributed by atoms with Crippen molar-refractivity contribution in [3.05, 3.63) is 18.2 Å². The van der Waals surface area contributed by atoms with E-state index < -0.39 is 6.04 Å². The van der Waals surface area contributed by atoms with Crippen molar-refractivity contribution in [1.82, 2.24) is 14.9 Å². The number of imidazole rings is 1. The van der Waals surface area contributed by atoms with Gasteiger partial charge in [-0.2, -0.15) is 0 Å². The zero-order chi connectivity index (χ0) is 10.7. The van der Waals surface area contributed by atoms with Crippen LogP contribution < -0.4 is 5.73 Å². The van der Waals surface area contributed by atoms with Gasteiger partial charge in [0.15, 0.2) is 0 Å². The predicted octanol–water partition coefficient (Wildman–Crippen LogP) is -0.188. The molecule has 0 aromatic carbocycles. The lowest BCUT2D eigenvalue weighted by Gasteiger charge is -2.18. The fraction of sp³-hybridized carbons (Fsp3) is 0.556. The summed E-state index contributed by atoms with van der Waals surface area (Å²) in [5, 5.41) is 0. The molecule has 1 atom stereocenters. The Kier molecular flexibility index (Phi) is 3.27. The lowest BCUT2D eigenvalue weighted by molar-refractivity contribution is -0.131. The maximum absolute atomic E-state index is 11.8. The molecule has 1 unspecified atom stereocenters. The summed E-state index contributed by atoms with van der Waals surface area (Å²) in [7, 11) is 0. The van der Waals surface area contributed by atoms with Crippen LogP contribution in [0.15, 0.2) is 12.5 Å². The number of hydrogen-bond acceptors (Lipinski definition) is 4. The van der Waals surface area contributed by atoms with Crippen molar-refractivity contribution in [3.8, 4) is 0 Å². The molecule has 2 heterocycles. The van der Waals surface area contributed by atoms with E-state index in [1.807, 2.05) is 4.90 Å². The van der Waals surface area contributed by atoms with Crippen LogP contribution >= 0.6 is 11.8 Å². The lowest BCUT2D eigenvalue weighted by atomic mass is 10.1. The molecule has 6 heteroatoms. The molecular weight excluding hydrogens is 212 g/mol. The van der Waals surface area contributed by atoms with E-state index >= 15 is 0 Å². The van der Waals surface area contributed by atoms with Crippen molar-refractivity contribution in [1.29, 1.82) is 0 Å². The number of H-pyrrole nitrogens is 1. The van der Waals surface area contributed by atoms with Gasteiger partial charge in [0.25, 0.3) is 0 Å². The van der Waals surface area contributed by atoms with E-state index in [-0.39, 0.29) is 5.91 Å². The van der Waals surface area contributed by atoms with Crippen LogP contribution in [-0.2, 0) is 11.2 Å². The Hall–Kier alpha value is -1.01. The third-order valence-corrected chi connectivity index (χ3v) is 3.34. The van der Waals surface area contributed by atoms with E-state index in [2.05, 4.69) is 9.97 Å². The normalized spacial score (nSPS) is 18.1. The number of amides is 1. The minimum atomic E-state index is -0.454. The molecule has 82 valence electrons. The van der Waals surface area contributed by atoms with E-state index in [0.717, 1.165) is 23.9 Å². The number of nitrogens with one attached hydrogen (secondary N) is 1. The Balaban J connectivity index is 1.89. The first-order chi connectivity index (χ1) is 7.27. The largest absolute Gasteiger partial charge is 0.348 e. The molecule has 0 spiro atoms. The Morgan fingerprint density at radius 3 is 3.27 bits per heavy atom. The molecule has 15 heavy (non-hydrogen) atoms. The smallest absolute Gasteiger partial charge is 0.240 e. The third-order valence-electron chi connectivity index (χ3n) is 2.38. The molecule has 1 aromatic heterocycles. The fourth-order valence-corrected chi connectivity index (χ4v) is 2.50. The molecule has 1 aliphatic heterocycles. The first-order valence-electron chi connectivity index (χ1n) is 4.87. The summed E-state index contributed by atoms with van der Waals surface area (Å²) in [4.78, 5) is 20.5. The van der Waals surface area contributed by atoms with Gasteiger partial charge in [-0.05, 0) is 0 Å². The molecule has 5 nitrogen and oxygen atoms in total. The average Bonchev–Trinajstić information content (AvgIpc) is 2.88. The molecule has 2 rings (SSSR count). The molecule has 1 aliphatic rings. The molecule has 0 saturated carbocycles. The molecule has 1 amide bonds. The van der Waals surface area contributed by atoms with E-state index in [0.29, 0.717) is 6.42 Å². The Morgan fingerprint density at radius 2 is 2.67 bits per heavy atom. The van der Waals surface area contributed by atoms with Crippen molar-refractivity contribution in [2.45, 2.75) is 12.5 Å². The highest BCUT2D eigenvalue weighted by atomic mass is 32.2. The SMILES string of the molecule is NC(Cc1cnc[nH]1)C(=O)N1CCSC1. The Labute approximate surface area is 92.4 Å². The van der Waals surface area contributed by atoms with Gasteiger partial charge in [0.1, 0.15) is 0 Å². The molecule has 1 aromatic rings. The summed E-state index contributed by atoms with van der Waals surface area (Å²) < 4.78 is 0. The number of aromatic amines is 1. The van der Waals surface area contributed by atoms with Gasteiger partial charge in [-0.15, -0.1) is 11.8 Å². The summed E-state index contributed by atoms with van der Waals surface area (Å²) in [5.41, 5.74) is 6.75. The number of nitrogens with two attached hydrogens (primary N) is 1. The van der Waals surface area contributed by atoms with Crippen molar-refractivity contribution in [2.24, 2.45) is 5.73 Å². The van der Waals surface area contributed by atoms with Gasteiger partial charge >= 0.3 is 0 Å². The molecular formula is C9H14N4OS.